The van der Waals surface area contributed by atoms with Crippen molar-refractivity contribution >= 4 is 17.7 Å². The maximum Gasteiger partial charge on any atom is 0.220 e. The lowest BCUT2D eigenvalue weighted by Gasteiger charge is -2.20. The molecular formula is C15H32N2OS. The summed E-state index contributed by atoms with van der Waals surface area (Å²) in [5, 5.41) is 3.09. The van der Waals surface area contributed by atoms with Gasteiger partial charge in [-0.05, 0) is 56.1 Å². The zero-order chi connectivity index (χ0) is 14.7. The van der Waals surface area contributed by atoms with E-state index < -0.39 is 0 Å². The molecule has 0 aromatic carbocycles. The van der Waals surface area contributed by atoms with Gasteiger partial charge in [0.2, 0.25) is 5.91 Å². The van der Waals surface area contributed by atoms with Crippen LogP contribution in [0.25, 0.3) is 0 Å². The topological polar surface area (TPSA) is 55.1 Å². The first kappa shape index (κ1) is 18.8. The lowest BCUT2D eigenvalue weighted by atomic mass is 9.88. The second kappa shape index (κ2) is 11.6. The molecule has 0 saturated heterocycles. The molecule has 0 aliphatic rings. The number of carbonyl (C=O) groups is 1. The Labute approximate surface area is 123 Å². The van der Waals surface area contributed by atoms with Crippen LogP contribution >= 0.6 is 11.8 Å². The maximum atomic E-state index is 11.9. The minimum atomic E-state index is 0.191. The summed E-state index contributed by atoms with van der Waals surface area (Å²) in [6, 6.07) is 0.290. The van der Waals surface area contributed by atoms with Crippen molar-refractivity contribution in [2.45, 2.75) is 59.4 Å². The van der Waals surface area contributed by atoms with E-state index in [9.17, 15) is 4.79 Å². The number of nitrogens with one attached hydrogen (secondary N) is 1. The molecule has 4 heteroatoms. The van der Waals surface area contributed by atoms with Crippen LogP contribution in [0.4, 0.5) is 0 Å². The van der Waals surface area contributed by atoms with Gasteiger partial charge in [0.1, 0.15) is 0 Å². The van der Waals surface area contributed by atoms with E-state index in [1.807, 2.05) is 11.8 Å². The van der Waals surface area contributed by atoms with Gasteiger partial charge >= 0.3 is 0 Å². The summed E-state index contributed by atoms with van der Waals surface area (Å²) < 4.78 is 0. The van der Waals surface area contributed by atoms with Crippen LogP contribution in [0.1, 0.15) is 53.4 Å². The molecule has 0 radical (unpaired) electrons. The van der Waals surface area contributed by atoms with E-state index in [2.05, 4.69) is 33.0 Å². The number of carbonyl (C=O) groups excluding carboxylic acids is 1. The van der Waals surface area contributed by atoms with Gasteiger partial charge in [-0.15, -0.1) is 0 Å². The third kappa shape index (κ3) is 10.3. The fourth-order valence-electron chi connectivity index (χ4n) is 2.17. The van der Waals surface area contributed by atoms with Gasteiger partial charge in [-0.3, -0.25) is 4.79 Å². The molecule has 0 rings (SSSR count). The minimum absolute atomic E-state index is 0.191. The molecule has 114 valence electrons. The zero-order valence-corrected chi connectivity index (χ0v) is 13.9. The summed E-state index contributed by atoms with van der Waals surface area (Å²) in [6.07, 6.45) is 3.67. The predicted octanol–water partition coefficient (Wildman–Crippen LogP) is 3.04. The largest absolute Gasteiger partial charge is 0.354 e. The van der Waals surface area contributed by atoms with Gasteiger partial charge in [0.15, 0.2) is 0 Å². The monoisotopic (exact) mass is 288 g/mol. The molecular weight excluding hydrogens is 256 g/mol. The molecule has 2 atom stereocenters. The van der Waals surface area contributed by atoms with E-state index in [1.165, 1.54) is 0 Å². The lowest BCUT2D eigenvalue weighted by molar-refractivity contribution is -0.122. The molecule has 0 aliphatic carbocycles. The Hall–Kier alpha value is -0.220. The standard InChI is InChI=1S/C15H32N2OS/c1-5-19-11-9-13(4)17-15(18)7-6-14(8-10-16)12(2)3/h12-14H,5-11,16H2,1-4H3,(H,17,18). The molecule has 1 amide bonds. The second-order valence-electron chi connectivity index (χ2n) is 5.57. The highest BCUT2D eigenvalue weighted by Crippen LogP contribution is 2.20. The fourth-order valence-corrected chi connectivity index (χ4v) is 2.97. The molecule has 3 nitrogen and oxygen atoms in total. The van der Waals surface area contributed by atoms with E-state index in [4.69, 9.17) is 5.73 Å². The Morgan fingerprint density at radius 3 is 2.42 bits per heavy atom. The van der Waals surface area contributed by atoms with E-state index in [0.29, 0.717) is 24.3 Å². The van der Waals surface area contributed by atoms with Crippen LogP contribution in [-0.2, 0) is 4.79 Å². The van der Waals surface area contributed by atoms with Crippen molar-refractivity contribution in [3.05, 3.63) is 0 Å². The molecule has 0 heterocycles. The highest BCUT2D eigenvalue weighted by atomic mass is 32.2. The van der Waals surface area contributed by atoms with Crippen LogP contribution in [0.5, 0.6) is 0 Å². The number of hydrogen-bond acceptors (Lipinski definition) is 3. The molecule has 19 heavy (non-hydrogen) atoms. The third-order valence-corrected chi connectivity index (χ3v) is 4.46. The van der Waals surface area contributed by atoms with Gasteiger partial charge in [-0.2, -0.15) is 11.8 Å². The molecule has 0 fully saturated rings. The van der Waals surface area contributed by atoms with Crippen LogP contribution in [0.15, 0.2) is 0 Å². The van der Waals surface area contributed by atoms with Gasteiger partial charge in [0.25, 0.3) is 0 Å². The number of thioether (sulfide) groups is 1. The van der Waals surface area contributed by atoms with Crippen molar-refractivity contribution in [3.63, 3.8) is 0 Å². The quantitative estimate of drug-likeness (QED) is 0.575. The fraction of sp³-hybridized carbons (Fsp3) is 0.933. The van der Waals surface area contributed by atoms with E-state index in [0.717, 1.165) is 37.3 Å². The molecule has 0 bridgehead atoms. The van der Waals surface area contributed by atoms with E-state index in [-0.39, 0.29) is 5.91 Å². The summed E-state index contributed by atoms with van der Waals surface area (Å²) in [5.41, 5.74) is 5.62. The van der Waals surface area contributed by atoms with Crippen LogP contribution in [-0.4, -0.2) is 30.0 Å². The van der Waals surface area contributed by atoms with Crippen LogP contribution in [0.3, 0.4) is 0 Å². The van der Waals surface area contributed by atoms with Crippen LogP contribution in [0.2, 0.25) is 0 Å². The Morgan fingerprint density at radius 1 is 1.21 bits per heavy atom. The van der Waals surface area contributed by atoms with Gasteiger partial charge < -0.3 is 11.1 Å². The Balaban J connectivity index is 3.83. The average Bonchev–Trinajstić information content (AvgIpc) is 2.34. The summed E-state index contributed by atoms with van der Waals surface area (Å²) in [5.74, 6) is 3.64. The van der Waals surface area contributed by atoms with Gasteiger partial charge in [0, 0.05) is 12.5 Å². The van der Waals surface area contributed by atoms with E-state index in [1.54, 1.807) is 0 Å². The van der Waals surface area contributed by atoms with Crippen molar-refractivity contribution in [3.8, 4) is 0 Å². The molecule has 0 aromatic heterocycles. The second-order valence-corrected chi connectivity index (χ2v) is 6.97. The maximum absolute atomic E-state index is 11.9. The SMILES string of the molecule is CCSCCC(C)NC(=O)CCC(CCN)C(C)C. The number of nitrogens with two attached hydrogens (primary N) is 1. The predicted molar refractivity (Wildman–Crippen MR) is 86.5 cm³/mol. The molecule has 0 saturated carbocycles. The Kier molecular flexibility index (Phi) is 11.5. The molecule has 0 aliphatic heterocycles. The van der Waals surface area contributed by atoms with Gasteiger partial charge in [-0.25, -0.2) is 0 Å². The summed E-state index contributed by atoms with van der Waals surface area (Å²) in [7, 11) is 0. The first-order valence-corrected chi connectivity index (χ1v) is 8.73. The lowest BCUT2D eigenvalue weighted by Crippen LogP contribution is -2.33. The summed E-state index contributed by atoms with van der Waals surface area (Å²) >= 11 is 1.93. The normalized spacial score (nSPS) is 14.4. The number of amides is 1. The van der Waals surface area contributed by atoms with Crippen molar-refractivity contribution in [1.82, 2.24) is 5.32 Å². The van der Waals surface area contributed by atoms with Gasteiger partial charge in [0.05, 0.1) is 0 Å². The van der Waals surface area contributed by atoms with Crippen LogP contribution < -0.4 is 11.1 Å². The highest BCUT2D eigenvalue weighted by Gasteiger charge is 2.15. The molecule has 0 spiro atoms. The summed E-state index contributed by atoms with van der Waals surface area (Å²) in [4.78, 5) is 11.9. The smallest absolute Gasteiger partial charge is 0.220 e. The molecule has 0 aromatic rings. The average molecular weight is 289 g/mol. The van der Waals surface area contributed by atoms with Gasteiger partial charge in [-0.1, -0.05) is 20.8 Å². The first-order chi connectivity index (χ1) is 9.01. The number of rotatable bonds is 11. The summed E-state index contributed by atoms with van der Waals surface area (Å²) in [6.45, 7) is 9.39. The zero-order valence-electron chi connectivity index (χ0n) is 13.1. The molecule has 3 N–H and O–H groups in total. The first-order valence-electron chi connectivity index (χ1n) is 7.58. The van der Waals surface area contributed by atoms with Crippen molar-refractivity contribution in [1.29, 1.82) is 0 Å². The van der Waals surface area contributed by atoms with Crippen molar-refractivity contribution < 1.29 is 4.79 Å². The minimum Gasteiger partial charge on any atom is -0.354 e. The Bertz CT molecular complexity index is 234. The molecule has 2 unspecified atom stereocenters. The number of hydrogen-bond donors (Lipinski definition) is 2. The highest BCUT2D eigenvalue weighted by molar-refractivity contribution is 7.99. The van der Waals surface area contributed by atoms with Crippen LogP contribution in [0, 0.1) is 11.8 Å². The van der Waals surface area contributed by atoms with Crippen molar-refractivity contribution in [2.75, 3.05) is 18.1 Å². The van der Waals surface area contributed by atoms with Crippen molar-refractivity contribution in [2.24, 2.45) is 17.6 Å². The van der Waals surface area contributed by atoms with E-state index >= 15 is 0 Å². The Morgan fingerprint density at radius 2 is 1.89 bits per heavy atom. The third-order valence-electron chi connectivity index (χ3n) is 3.53.